The van der Waals surface area contributed by atoms with Gasteiger partial charge in [-0.15, -0.1) is 24.0 Å². The molecule has 1 aliphatic rings. The zero-order chi connectivity index (χ0) is 18.7. The van der Waals surface area contributed by atoms with Crippen LogP contribution in [0, 0.1) is 5.82 Å². The molecule has 1 fully saturated rings. The summed E-state index contributed by atoms with van der Waals surface area (Å²) < 4.78 is 36.9. The van der Waals surface area contributed by atoms with Crippen LogP contribution in [0.4, 0.5) is 4.39 Å². The summed E-state index contributed by atoms with van der Waals surface area (Å²) in [5.74, 6) is 0.386. The van der Waals surface area contributed by atoms with Crippen LogP contribution in [0.5, 0.6) is 0 Å². The van der Waals surface area contributed by atoms with Gasteiger partial charge in [-0.2, -0.15) is 0 Å². The van der Waals surface area contributed by atoms with Gasteiger partial charge in [-0.25, -0.2) is 12.8 Å². The van der Waals surface area contributed by atoms with E-state index >= 15 is 0 Å². The van der Waals surface area contributed by atoms with Gasteiger partial charge in [-0.05, 0) is 51.3 Å². The maximum Gasteiger partial charge on any atom is 0.191 e. The van der Waals surface area contributed by atoms with Gasteiger partial charge in [0, 0.05) is 25.6 Å². The van der Waals surface area contributed by atoms with Crippen molar-refractivity contribution in [2.24, 2.45) is 4.99 Å². The number of hydrogen-bond acceptors (Lipinski definition) is 3. The molecule has 0 bridgehead atoms. The SMILES string of the molecule is CN=C(NCCS(=O)(=O)C(C)(C)C)NCC1(c2cccc(F)c2)CC1.I. The summed E-state index contributed by atoms with van der Waals surface area (Å²) in [5, 5.41) is 6.28. The van der Waals surface area contributed by atoms with Crippen molar-refractivity contribution in [2.75, 3.05) is 25.9 Å². The van der Waals surface area contributed by atoms with E-state index in [9.17, 15) is 12.8 Å². The minimum Gasteiger partial charge on any atom is -0.356 e. The van der Waals surface area contributed by atoms with E-state index in [2.05, 4.69) is 15.6 Å². The molecule has 0 atom stereocenters. The molecule has 1 saturated carbocycles. The second-order valence-corrected chi connectivity index (χ2v) is 10.4. The monoisotopic (exact) mass is 497 g/mol. The van der Waals surface area contributed by atoms with Gasteiger partial charge in [0.2, 0.25) is 0 Å². The van der Waals surface area contributed by atoms with Crippen LogP contribution in [0.2, 0.25) is 0 Å². The normalized spacial score (nSPS) is 16.6. The van der Waals surface area contributed by atoms with Crippen molar-refractivity contribution in [2.45, 2.75) is 43.8 Å². The smallest absolute Gasteiger partial charge is 0.191 e. The van der Waals surface area contributed by atoms with Crippen LogP contribution in [-0.2, 0) is 15.3 Å². The molecule has 1 aromatic carbocycles. The quantitative estimate of drug-likeness (QED) is 0.361. The molecule has 0 heterocycles. The maximum absolute atomic E-state index is 13.5. The van der Waals surface area contributed by atoms with Crippen molar-refractivity contribution in [3.05, 3.63) is 35.6 Å². The molecule has 5 nitrogen and oxygen atoms in total. The van der Waals surface area contributed by atoms with Crippen LogP contribution >= 0.6 is 24.0 Å². The summed E-state index contributed by atoms with van der Waals surface area (Å²) in [6, 6.07) is 6.71. The molecule has 2 rings (SSSR count). The van der Waals surface area contributed by atoms with Gasteiger partial charge in [0.1, 0.15) is 5.82 Å². The molecule has 1 aromatic rings. The Balaban J connectivity index is 0.00000338. The van der Waals surface area contributed by atoms with Crippen LogP contribution in [0.1, 0.15) is 39.2 Å². The molecular weight excluding hydrogens is 468 g/mol. The van der Waals surface area contributed by atoms with Gasteiger partial charge >= 0.3 is 0 Å². The molecule has 148 valence electrons. The fraction of sp³-hybridized carbons (Fsp3) is 0.611. The van der Waals surface area contributed by atoms with Gasteiger partial charge in [-0.3, -0.25) is 4.99 Å². The number of aliphatic imine (C=N–C) groups is 1. The zero-order valence-electron chi connectivity index (χ0n) is 15.8. The molecule has 1 aliphatic carbocycles. The van der Waals surface area contributed by atoms with E-state index in [1.54, 1.807) is 40.0 Å². The molecule has 26 heavy (non-hydrogen) atoms. The molecule has 0 amide bonds. The second kappa shape index (κ2) is 8.86. The topological polar surface area (TPSA) is 70.6 Å². The zero-order valence-corrected chi connectivity index (χ0v) is 18.9. The minimum atomic E-state index is -3.17. The Morgan fingerprint density at radius 1 is 1.27 bits per heavy atom. The first kappa shape index (κ1) is 23.1. The van der Waals surface area contributed by atoms with Gasteiger partial charge < -0.3 is 10.6 Å². The highest BCUT2D eigenvalue weighted by molar-refractivity contribution is 14.0. The second-order valence-electron chi connectivity index (χ2n) is 7.57. The van der Waals surface area contributed by atoms with Gasteiger partial charge in [0.25, 0.3) is 0 Å². The Morgan fingerprint density at radius 2 is 1.92 bits per heavy atom. The number of guanidine groups is 1. The number of hydrogen-bond donors (Lipinski definition) is 2. The van der Waals surface area contributed by atoms with Crippen molar-refractivity contribution in [3.63, 3.8) is 0 Å². The average Bonchev–Trinajstić information content (AvgIpc) is 3.30. The van der Waals surface area contributed by atoms with Crippen LogP contribution in [-0.4, -0.2) is 45.0 Å². The Kier molecular flexibility index (Phi) is 7.88. The summed E-state index contributed by atoms with van der Waals surface area (Å²) in [7, 11) is -1.52. The lowest BCUT2D eigenvalue weighted by molar-refractivity contribution is 0.558. The molecule has 0 radical (unpaired) electrons. The van der Waals surface area contributed by atoms with E-state index in [1.807, 2.05) is 6.07 Å². The maximum atomic E-state index is 13.5. The Morgan fingerprint density at radius 3 is 2.42 bits per heavy atom. The lowest BCUT2D eigenvalue weighted by Crippen LogP contribution is -2.44. The van der Waals surface area contributed by atoms with Crippen LogP contribution in [0.3, 0.4) is 0 Å². The van der Waals surface area contributed by atoms with E-state index in [4.69, 9.17) is 0 Å². The summed E-state index contributed by atoms with van der Waals surface area (Å²) in [5.41, 5.74) is 0.933. The fourth-order valence-corrected chi connectivity index (χ4v) is 3.60. The highest BCUT2D eigenvalue weighted by atomic mass is 127. The molecular formula is C18H29FIN3O2S. The average molecular weight is 497 g/mol. The molecule has 0 unspecified atom stereocenters. The number of benzene rings is 1. The molecule has 2 N–H and O–H groups in total. The van der Waals surface area contributed by atoms with Crippen molar-refractivity contribution in [3.8, 4) is 0 Å². The minimum absolute atomic E-state index is 0. The largest absolute Gasteiger partial charge is 0.356 e. The Bertz CT molecular complexity index is 741. The summed E-state index contributed by atoms with van der Waals surface area (Å²) >= 11 is 0. The van der Waals surface area contributed by atoms with Gasteiger partial charge in [0.05, 0.1) is 10.5 Å². The standard InChI is InChI=1S/C18H28FN3O2S.HI/c1-17(2,3)25(23,24)11-10-21-16(20-4)22-13-18(8-9-18)14-6-5-7-15(19)12-14;/h5-7,12H,8-11,13H2,1-4H3,(H2,20,21,22);1H. The summed E-state index contributed by atoms with van der Waals surface area (Å²) in [6.07, 6.45) is 2.00. The first-order valence-corrected chi connectivity index (χ1v) is 10.2. The summed E-state index contributed by atoms with van der Waals surface area (Å²) in [6.45, 7) is 6.04. The third kappa shape index (κ3) is 5.80. The number of nitrogens with one attached hydrogen (secondary N) is 2. The van der Waals surface area contributed by atoms with E-state index in [0.717, 1.165) is 18.4 Å². The molecule has 8 heteroatoms. The van der Waals surface area contributed by atoms with E-state index < -0.39 is 14.6 Å². The number of rotatable bonds is 6. The Hall–Kier alpha value is -0.900. The van der Waals surface area contributed by atoms with Crippen molar-refractivity contribution in [1.29, 1.82) is 0 Å². The predicted octanol–water partition coefficient (Wildman–Crippen LogP) is 2.85. The molecule has 0 aromatic heterocycles. The third-order valence-electron chi connectivity index (χ3n) is 4.70. The lowest BCUT2D eigenvalue weighted by atomic mass is 9.96. The van der Waals surface area contributed by atoms with Crippen LogP contribution in [0.25, 0.3) is 0 Å². The first-order valence-electron chi connectivity index (χ1n) is 8.53. The fourth-order valence-electron chi connectivity index (χ4n) is 2.62. The summed E-state index contributed by atoms with van der Waals surface area (Å²) in [4.78, 5) is 4.14. The lowest BCUT2D eigenvalue weighted by Gasteiger charge is -2.21. The van der Waals surface area contributed by atoms with Crippen LogP contribution in [0.15, 0.2) is 29.3 Å². The first-order chi connectivity index (χ1) is 11.6. The number of halogens is 2. The van der Waals surface area contributed by atoms with E-state index in [1.165, 1.54) is 6.07 Å². The van der Waals surface area contributed by atoms with Crippen molar-refractivity contribution >= 4 is 39.8 Å². The molecule has 0 aliphatic heterocycles. The Labute approximate surface area is 173 Å². The number of sulfone groups is 1. The van der Waals surface area contributed by atoms with Crippen molar-refractivity contribution < 1.29 is 12.8 Å². The number of nitrogens with zero attached hydrogens (tertiary/aromatic N) is 1. The van der Waals surface area contributed by atoms with Gasteiger partial charge in [-0.1, -0.05) is 12.1 Å². The third-order valence-corrected chi connectivity index (χ3v) is 7.31. The highest BCUT2D eigenvalue weighted by Gasteiger charge is 2.44. The van der Waals surface area contributed by atoms with E-state index in [0.29, 0.717) is 19.0 Å². The van der Waals surface area contributed by atoms with Gasteiger partial charge in [0.15, 0.2) is 15.8 Å². The predicted molar refractivity (Wildman–Crippen MR) is 116 cm³/mol. The molecule has 0 spiro atoms. The van der Waals surface area contributed by atoms with Crippen molar-refractivity contribution in [1.82, 2.24) is 10.6 Å². The van der Waals surface area contributed by atoms with Crippen LogP contribution < -0.4 is 10.6 Å². The highest BCUT2D eigenvalue weighted by Crippen LogP contribution is 2.47. The van der Waals surface area contributed by atoms with E-state index in [-0.39, 0.29) is 41.0 Å². The molecule has 0 saturated heterocycles.